The molecule has 4 nitrogen and oxygen atoms in total. The van der Waals surface area contributed by atoms with Gasteiger partial charge >= 0.3 is 51.4 Å². The zero-order chi connectivity index (χ0) is 6.85. The molecule has 0 bridgehead atoms. The van der Waals surface area contributed by atoms with Gasteiger partial charge in [0.05, 0.1) is 18.8 Å². The summed E-state index contributed by atoms with van der Waals surface area (Å²) in [6, 6.07) is 0. The molecule has 1 aliphatic rings. The van der Waals surface area contributed by atoms with Crippen molar-refractivity contribution in [3.05, 3.63) is 0 Å². The smallest absolute Gasteiger partial charge is 0.829 e. The van der Waals surface area contributed by atoms with Crippen molar-refractivity contribution in [2.24, 2.45) is 0 Å². The number of hydrogen-bond acceptors (Lipinski definition) is 4. The minimum atomic E-state index is -1.37. The summed E-state index contributed by atoms with van der Waals surface area (Å²) in [7, 11) is 0. The Labute approximate surface area is 102 Å². The molecule has 1 rings (SSSR count). The van der Waals surface area contributed by atoms with Crippen LogP contribution in [-0.2, 0) is 4.74 Å². The molecule has 1 fully saturated rings. The SMILES string of the molecule is [K+].[O-]C1OCC(O)CC1O. The molecule has 3 unspecified atom stereocenters. The fraction of sp³-hybridized carbons (Fsp3) is 1.00. The van der Waals surface area contributed by atoms with Crippen LogP contribution in [0.3, 0.4) is 0 Å². The zero-order valence-electron chi connectivity index (χ0n) is 5.86. The molecule has 54 valence electrons. The quantitative estimate of drug-likeness (QED) is 0.358. The van der Waals surface area contributed by atoms with Crippen LogP contribution in [0.25, 0.3) is 0 Å². The molecular weight excluding hydrogens is 163 g/mol. The standard InChI is InChI=1S/C5H9O4.K/c6-3-1-4(7)5(8)9-2-3;/h3-7H,1-2H2;/q-1;+1. The Kier molecular flexibility index (Phi) is 5.95. The number of aliphatic hydroxyl groups excluding tert-OH is 2. The van der Waals surface area contributed by atoms with Crippen molar-refractivity contribution in [1.29, 1.82) is 0 Å². The summed E-state index contributed by atoms with van der Waals surface area (Å²) < 4.78 is 4.45. The van der Waals surface area contributed by atoms with E-state index >= 15 is 0 Å². The molecule has 0 saturated carbocycles. The molecule has 0 spiro atoms. The molecule has 0 aromatic rings. The summed E-state index contributed by atoms with van der Waals surface area (Å²) in [5.41, 5.74) is 0. The minimum Gasteiger partial charge on any atom is -0.829 e. The molecule has 0 aromatic carbocycles. The van der Waals surface area contributed by atoms with E-state index in [9.17, 15) is 5.11 Å². The minimum absolute atomic E-state index is 0. The summed E-state index contributed by atoms with van der Waals surface area (Å²) in [6.07, 6.45) is -2.96. The first-order chi connectivity index (χ1) is 4.20. The van der Waals surface area contributed by atoms with Gasteiger partial charge in [-0.05, 0) is 0 Å². The van der Waals surface area contributed by atoms with Gasteiger partial charge in [-0.2, -0.15) is 0 Å². The molecule has 1 heterocycles. The Morgan fingerprint density at radius 1 is 1.40 bits per heavy atom. The normalized spacial score (nSPS) is 40.5. The number of aliphatic hydroxyl groups is 2. The van der Waals surface area contributed by atoms with E-state index in [0.29, 0.717) is 0 Å². The molecule has 3 atom stereocenters. The Bertz CT molecular complexity index is 99.6. The third-order valence-corrected chi connectivity index (χ3v) is 1.28. The molecule has 2 N–H and O–H groups in total. The van der Waals surface area contributed by atoms with E-state index in [-0.39, 0.29) is 64.4 Å². The number of rotatable bonds is 0. The van der Waals surface area contributed by atoms with Crippen molar-refractivity contribution in [2.45, 2.75) is 24.9 Å². The van der Waals surface area contributed by atoms with Crippen LogP contribution in [0, 0.1) is 0 Å². The molecule has 0 aromatic heterocycles. The predicted octanol–water partition coefficient (Wildman–Crippen LogP) is -5.18. The maximum atomic E-state index is 10.4. The van der Waals surface area contributed by atoms with Crippen molar-refractivity contribution < 1.29 is 71.4 Å². The van der Waals surface area contributed by atoms with Crippen LogP contribution in [-0.4, -0.2) is 35.3 Å². The van der Waals surface area contributed by atoms with E-state index in [4.69, 9.17) is 10.2 Å². The van der Waals surface area contributed by atoms with Crippen LogP contribution in [0.15, 0.2) is 0 Å². The van der Waals surface area contributed by atoms with Gasteiger partial charge in [0.25, 0.3) is 0 Å². The number of hydrogen-bond donors (Lipinski definition) is 2. The van der Waals surface area contributed by atoms with E-state index in [1.54, 1.807) is 0 Å². The first kappa shape index (κ1) is 11.5. The summed E-state index contributed by atoms with van der Waals surface area (Å²) in [5, 5.41) is 28.0. The number of ether oxygens (including phenoxy) is 1. The molecule has 0 amide bonds. The molecule has 0 radical (unpaired) electrons. The first-order valence-electron chi connectivity index (χ1n) is 2.83. The van der Waals surface area contributed by atoms with Gasteiger partial charge in [-0.15, -0.1) is 0 Å². The van der Waals surface area contributed by atoms with Gasteiger partial charge in [0, 0.05) is 12.7 Å². The third kappa shape index (κ3) is 3.25. The van der Waals surface area contributed by atoms with Gasteiger partial charge in [-0.25, -0.2) is 0 Å². The average Bonchev–Trinajstić information content (AvgIpc) is 1.80. The fourth-order valence-corrected chi connectivity index (χ4v) is 0.775. The van der Waals surface area contributed by atoms with E-state index in [1.807, 2.05) is 0 Å². The summed E-state index contributed by atoms with van der Waals surface area (Å²) in [6.45, 7) is 0.0469. The second-order valence-electron chi connectivity index (χ2n) is 2.16. The van der Waals surface area contributed by atoms with Crippen LogP contribution in [0.1, 0.15) is 6.42 Å². The Hall–Kier alpha value is 1.48. The van der Waals surface area contributed by atoms with E-state index in [0.717, 1.165) is 0 Å². The van der Waals surface area contributed by atoms with Crippen molar-refractivity contribution in [1.82, 2.24) is 0 Å². The molecule has 1 saturated heterocycles. The molecule has 5 heteroatoms. The van der Waals surface area contributed by atoms with E-state index in [1.165, 1.54) is 0 Å². The Morgan fingerprint density at radius 2 is 2.00 bits per heavy atom. The van der Waals surface area contributed by atoms with Gasteiger partial charge in [-0.1, -0.05) is 0 Å². The maximum absolute atomic E-state index is 10.4. The van der Waals surface area contributed by atoms with Crippen LogP contribution in [0.4, 0.5) is 0 Å². The fourth-order valence-electron chi connectivity index (χ4n) is 0.775. The maximum Gasteiger partial charge on any atom is 1.00 e. The Morgan fingerprint density at radius 3 is 2.40 bits per heavy atom. The summed E-state index contributed by atoms with van der Waals surface area (Å²) >= 11 is 0. The van der Waals surface area contributed by atoms with Crippen LogP contribution >= 0.6 is 0 Å². The zero-order valence-corrected chi connectivity index (χ0v) is 8.98. The third-order valence-electron chi connectivity index (χ3n) is 1.28. The average molecular weight is 172 g/mol. The van der Waals surface area contributed by atoms with Gasteiger partial charge in [0.1, 0.15) is 0 Å². The van der Waals surface area contributed by atoms with Crippen molar-refractivity contribution >= 4 is 0 Å². The van der Waals surface area contributed by atoms with Gasteiger partial charge in [-0.3, -0.25) is 0 Å². The second kappa shape index (κ2) is 5.18. The molecule has 10 heavy (non-hydrogen) atoms. The van der Waals surface area contributed by atoms with Crippen molar-refractivity contribution in [3.63, 3.8) is 0 Å². The topological polar surface area (TPSA) is 72.8 Å². The molecule has 1 aliphatic heterocycles. The Balaban J connectivity index is 0.000000810. The second-order valence-corrected chi connectivity index (χ2v) is 2.16. The first-order valence-corrected chi connectivity index (χ1v) is 2.83. The predicted molar refractivity (Wildman–Crippen MR) is 26.4 cm³/mol. The van der Waals surface area contributed by atoms with Crippen molar-refractivity contribution in [2.75, 3.05) is 6.61 Å². The van der Waals surface area contributed by atoms with Crippen LogP contribution in [0.5, 0.6) is 0 Å². The van der Waals surface area contributed by atoms with Crippen molar-refractivity contribution in [3.8, 4) is 0 Å². The molecular formula is C5H9KO4. The summed E-state index contributed by atoms with van der Waals surface area (Å²) in [5.74, 6) is 0. The van der Waals surface area contributed by atoms with E-state index in [2.05, 4.69) is 4.74 Å². The monoisotopic (exact) mass is 172 g/mol. The summed E-state index contributed by atoms with van der Waals surface area (Å²) in [4.78, 5) is 0. The van der Waals surface area contributed by atoms with E-state index < -0.39 is 18.5 Å². The van der Waals surface area contributed by atoms with Gasteiger partial charge in [0.2, 0.25) is 0 Å². The van der Waals surface area contributed by atoms with Crippen LogP contribution in [0.2, 0.25) is 0 Å². The van der Waals surface area contributed by atoms with Gasteiger partial charge in [0.15, 0.2) is 0 Å². The van der Waals surface area contributed by atoms with Gasteiger partial charge < -0.3 is 20.1 Å². The molecule has 0 aliphatic carbocycles. The van der Waals surface area contributed by atoms with Crippen LogP contribution < -0.4 is 56.5 Å². The largest absolute Gasteiger partial charge is 1.00 e.